The fourth-order valence-corrected chi connectivity index (χ4v) is 3.79. The van der Waals surface area contributed by atoms with Crippen molar-refractivity contribution in [2.45, 2.75) is 39.4 Å². The molecule has 12 heteroatoms. The molecule has 0 atom stereocenters. The predicted molar refractivity (Wildman–Crippen MR) is 129 cm³/mol. The van der Waals surface area contributed by atoms with Crippen molar-refractivity contribution in [2.75, 3.05) is 10.6 Å². The van der Waals surface area contributed by atoms with Crippen molar-refractivity contribution in [3.8, 4) is 0 Å². The summed E-state index contributed by atoms with van der Waals surface area (Å²) in [6.07, 6.45) is 2.78. The zero-order chi connectivity index (χ0) is 25.1. The number of H-pyrrole nitrogens is 2. The van der Waals surface area contributed by atoms with E-state index in [1.807, 2.05) is 6.92 Å². The molecule has 0 fully saturated rings. The molecule has 0 unspecified atom stereocenters. The minimum atomic E-state index is -0.875. The van der Waals surface area contributed by atoms with Crippen molar-refractivity contribution in [3.63, 3.8) is 0 Å². The number of unbranched alkanes of at least 4 members (excludes halogenated alkanes) is 1. The first-order valence-corrected chi connectivity index (χ1v) is 11.0. The van der Waals surface area contributed by atoms with E-state index in [4.69, 9.17) is 10.2 Å². The van der Waals surface area contributed by atoms with Gasteiger partial charge in [0.15, 0.2) is 5.69 Å². The van der Waals surface area contributed by atoms with Gasteiger partial charge < -0.3 is 15.1 Å². The number of nitrogens with zero attached hydrogens (tertiary/aromatic N) is 3. The summed E-state index contributed by atoms with van der Waals surface area (Å²) in [4.78, 5) is 69.9. The number of benzene rings is 1. The van der Waals surface area contributed by atoms with Gasteiger partial charge in [-0.25, -0.2) is 9.59 Å². The zero-order valence-corrected chi connectivity index (χ0v) is 18.9. The van der Waals surface area contributed by atoms with E-state index in [1.165, 1.54) is 16.9 Å². The number of carbonyl (C=O) groups is 1. The second-order valence-corrected chi connectivity index (χ2v) is 7.92. The summed E-state index contributed by atoms with van der Waals surface area (Å²) >= 11 is 0. The maximum atomic E-state index is 13.5. The van der Waals surface area contributed by atoms with E-state index >= 15 is 0 Å². The molecule has 3 aromatic heterocycles. The van der Waals surface area contributed by atoms with Gasteiger partial charge in [-0.3, -0.25) is 33.4 Å². The predicted octanol–water partition coefficient (Wildman–Crippen LogP) is 0.749. The fourth-order valence-electron chi connectivity index (χ4n) is 3.79. The second-order valence-electron chi connectivity index (χ2n) is 7.92. The number of anilines is 2. The van der Waals surface area contributed by atoms with Crippen LogP contribution in [-0.2, 0) is 24.4 Å². The van der Waals surface area contributed by atoms with Crippen LogP contribution in [0.3, 0.4) is 0 Å². The number of hydrogen-bond donors (Lipinski definition) is 3. The molecule has 0 bridgehead atoms. The topological polar surface area (TPSA) is 169 Å². The first kappa shape index (κ1) is 23.5. The molecule has 0 radical (unpaired) electrons. The van der Waals surface area contributed by atoms with E-state index in [1.54, 1.807) is 30.3 Å². The molecule has 1 aromatic carbocycles. The molecule has 4 N–H and O–H groups in total. The summed E-state index contributed by atoms with van der Waals surface area (Å²) in [6, 6.07) is 9.60. The van der Waals surface area contributed by atoms with E-state index in [2.05, 4.69) is 9.97 Å². The lowest BCUT2D eigenvalue weighted by Crippen LogP contribution is -2.45. The van der Waals surface area contributed by atoms with E-state index in [9.17, 15) is 24.0 Å². The quantitative estimate of drug-likeness (QED) is 0.334. The molecule has 182 valence electrons. The number of carbonyl (C=O) groups excluding carboxylic acids is 1. The van der Waals surface area contributed by atoms with Crippen molar-refractivity contribution >= 4 is 28.3 Å². The SMILES string of the molecule is CCCCn1c(N)c(N(Cc2ccco2)C(=O)Cn2c(=O)[nH]c3ccccc3c2=O)c(=O)[nH]c1=O. The number of amides is 1. The standard InChI is InChI=1S/C23H24N6O6/c1-2-3-10-27-19(24)18(20(31)26-23(27)34)28(12-14-7-6-11-35-14)17(30)13-29-21(32)15-8-4-5-9-16(15)25-22(29)33/h4-9,11H,2-3,10,12-13,24H2,1H3,(H,25,33)(H,26,31,34). The highest BCUT2D eigenvalue weighted by molar-refractivity contribution is 5.95. The molecule has 4 rings (SSSR count). The smallest absolute Gasteiger partial charge is 0.330 e. The summed E-state index contributed by atoms with van der Waals surface area (Å²) in [6.45, 7) is 1.27. The third-order valence-corrected chi connectivity index (χ3v) is 5.60. The lowest BCUT2D eigenvalue weighted by atomic mass is 10.2. The molecular weight excluding hydrogens is 456 g/mol. The number of hydrogen-bond acceptors (Lipinski definition) is 7. The Labute approximate surface area is 197 Å². The van der Waals surface area contributed by atoms with Crippen LogP contribution in [0.2, 0.25) is 0 Å². The Morgan fingerprint density at radius 3 is 2.49 bits per heavy atom. The maximum Gasteiger partial charge on any atom is 0.330 e. The molecular formula is C23H24N6O6. The molecule has 3 heterocycles. The summed E-state index contributed by atoms with van der Waals surface area (Å²) in [5.41, 5.74) is 3.25. The van der Waals surface area contributed by atoms with Gasteiger partial charge in [0.05, 0.1) is 23.7 Å². The number of aromatic nitrogens is 4. The zero-order valence-electron chi connectivity index (χ0n) is 18.9. The monoisotopic (exact) mass is 480 g/mol. The first-order chi connectivity index (χ1) is 16.8. The van der Waals surface area contributed by atoms with Gasteiger partial charge >= 0.3 is 11.4 Å². The molecule has 1 amide bonds. The maximum absolute atomic E-state index is 13.5. The summed E-state index contributed by atoms with van der Waals surface area (Å²) in [5, 5.41) is 0.225. The molecule has 0 aliphatic rings. The molecule has 0 aliphatic heterocycles. The second kappa shape index (κ2) is 9.71. The highest BCUT2D eigenvalue weighted by Gasteiger charge is 2.26. The molecule has 0 spiro atoms. The van der Waals surface area contributed by atoms with Gasteiger partial charge in [-0.1, -0.05) is 25.5 Å². The third-order valence-electron chi connectivity index (χ3n) is 5.60. The Morgan fingerprint density at radius 2 is 1.77 bits per heavy atom. The minimum Gasteiger partial charge on any atom is -0.467 e. The Kier molecular flexibility index (Phi) is 6.53. The molecule has 0 saturated carbocycles. The number of fused-ring (bicyclic) bond motifs is 1. The van der Waals surface area contributed by atoms with Crippen LogP contribution >= 0.6 is 0 Å². The summed E-state index contributed by atoms with van der Waals surface area (Å²) in [7, 11) is 0. The lowest BCUT2D eigenvalue weighted by Gasteiger charge is -2.24. The van der Waals surface area contributed by atoms with E-state index in [0.717, 1.165) is 15.9 Å². The lowest BCUT2D eigenvalue weighted by molar-refractivity contribution is -0.119. The highest BCUT2D eigenvalue weighted by Crippen LogP contribution is 2.20. The van der Waals surface area contributed by atoms with Gasteiger partial charge in [0.2, 0.25) is 5.91 Å². The number of nitrogen functional groups attached to an aromatic ring is 1. The number of nitrogens with one attached hydrogen (secondary N) is 2. The van der Waals surface area contributed by atoms with Crippen LogP contribution in [0.15, 0.2) is 66.3 Å². The third kappa shape index (κ3) is 4.58. The van der Waals surface area contributed by atoms with Crippen molar-refractivity contribution < 1.29 is 9.21 Å². The number of furan rings is 1. The van der Waals surface area contributed by atoms with Crippen LogP contribution in [0.1, 0.15) is 25.5 Å². The van der Waals surface area contributed by atoms with E-state index < -0.39 is 34.9 Å². The van der Waals surface area contributed by atoms with Crippen LogP contribution in [0.25, 0.3) is 10.9 Å². The number of aromatic amines is 2. The molecule has 0 aliphatic carbocycles. The fraction of sp³-hybridized carbons (Fsp3) is 0.261. The van der Waals surface area contributed by atoms with Gasteiger partial charge in [-0.15, -0.1) is 0 Å². The van der Waals surface area contributed by atoms with Crippen LogP contribution in [-0.4, -0.2) is 25.0 Å². The largest absolute Gasteiger partial charge is 0.467 e. The molecule has 0 saturated heterocycles. The Morgan fingerprint density at radius 1 is 1.03 bits per heavy atom. The number of nitrogens with two attached hydrogens (primary N) is 1. The number of rotatable bonds is 8. The molecule has 4 aromatic rings. The minimum absolute atomic E-state index is 0.202. The summed E-state index contributed by atoms with van der Waals surface area (Å²) < 4.78 is 7.26. The Balaban J connectivity index is 1.82. The van der Waals surface area contributed by atoms with Gasteiger partial charge in [-0.2, -0.15) is 0 Å². The van der Waals surface area contributed by atoms with Crippen LogP contribution in [0.4, 0.5) is 11.5 Å². The van der Waals surface area contributed by atoms with Crippen LogP contribution in [0, 0.1) is 0 Å². The molecule has 12 nitrogen and oxygen atoms in total. The van der Waals surface area contributed by atoms with Crippen molar-refractivity contribution in [2.24, 2.45) is 0 Å². The Hall–Kier alpha value is -4.61. The average Bonchev–Trinajstić information content (AvgIpc) is 3.34. The van der Waals surface area contributed by atoms with E-state index in [-0.39, 0.29) is 30.0 Å². The highest BCUT2D eigenvalue weighted by atomic mass is 16.3. The summed E-state index contributed by atoms with van der Waals surface area (Å²) in [5.74, 6) is -0.655. The Bertz CT molecular complexity index is 1610. The van der Waals surface area contributed by atoms with E-state index in [0.29, 0.717) is 17.7 Å². The normalized spacial score (nSPS) is 11.1. The van der Waals surface area contributed by atoms with Crippen LogP contribution in [0.5, 0.6) is 0 Å². The van der Waals surface area contributed by atoms with Crippen molar-refractivity contribution in [1.82, 2.24) is 19.1 Å². The van der Waals surface area contributed by atoms with Gasteiger partial charge in [0, 0.05) is 6.54 Å². The van der Waals surface area contributed by atoms with Gasteiger partial charge in [0.25, 0.3) is 11.1 Å². The first-order valence-electron chi connectivity index (χ1n) is 11.0. The van der Waals surface area contributed by atoms with Crippen molar-refractivity contribution in [3.05, 3.63) is 90.1 Å². The van der Waals surface area contributed by atoms with Gasteiger partial charge in [0.1, 0.15) is 18.1 Å². The molecule has 35 heavy (non-hydrogen) atoms. The average molecular weight is 480 g/mol. The van der Waals surface area contributed by atoms with Crippen molar-refractivity contribution in [1.29, 1.82) is 0 Å². The van der Waals surface area contributed by atoms with Gasteiger partial charge in [-0.05, 0) is 30.7 Å². The number of para-hydroxylation sites is 1. The van der Waals surface area contributed by atoms with Crippen LogP contribution < -0.4 is 33.1 Å².